The van der Waals surface area contributed by atoms with E-state index in [1.807, 2.05) is 20.8 Å². The maximum Gasteiger partial charge on any atom is 0.234 e. The minimum absolute atomic E-state index is 0.0625. The van der Waals surface area contributed by atoms with Gasteiger partial charge in [0, 0.05) is 17.6 Å². The molecule has 1 aromatic carbocycles. The number of rotatable bonds is 6. The molecule has 4 heteroatoms. The molecule has 2 atom stereocenters. The molecule has 0 aromatic heterocycles. The van der Waals surface area contributed by atoms with Crippen LogP contribution >= 0.6 is 0 Å². The summed E-state index contributed by atoms with van der Waals surface area (Å²) in [4.78, 5) is 11.6. The third kappa shape index (κ3) is 4.45. The van der Waals surface area contributed by atoms with Gasteiger partial charge in [0.2, 0.25) is 5.91 Å². The molecule has 0 aliphatic rings. The third-order valence-corrected chi connectivity index (χ3v) is 2.96. The summed E-state index contributed by atoms with van der Waals surface area (Å²) in [6, 6.07) is 6.57. The first kappa shape index (κ1) is 14.6. The topological polar surface area (TPSA) is 41.1 Å². The molecule has 3 nitrogen and oxygen atoms in total. The molecule has 1 amide bonds. The first-order valence-corrected chi connectivity index (χ1v) is 6.31. The average Bonchev–Trinajstić information content (AvgIpc) is 2.36. The fraction of sp³-hybridized carbons (Fsp3) is 0.500. The van der Waals surface area contributed by atoms with E-state index in [0.717, 1.165) is 6.42 Å². The van der Waals surface area contributed by atoms with Crippen molar-refractivity contribution in [3.63, 3.8) is 0 Å². The maximum atomic E-state index is 13.5. The van der Waals surface area contributed by atoms with Gasteiger partial charge in [0.15, 0.2) is 0 Å². The Morgan fingerprint density at radius 1 is 1.33 bits per heavy atom. The third-order valence-electron chi connectivity index (χ3n) is 2.96. The van der Waals surface area contributed by atoms with Gasteiger partial charge in [0.25, 0.3) is 0 Å². The molecule has 2 N–H and O–H groups in total. The second-order valence-electron chi connectivity index (χ2n) is 4.50. The van der Waals surface area contributed by atoms with E-state index in [-0.39, 0.29) is 30.4 Å². The first-order chi connectivity index (χ1) is 8.54. The molecule has 0 spiro atoms. The van der Waals surface area contributed by atoms with Crippen molar-refractivity contribution in [2.75, 3.05) is 6.54 Å². The highest BCUT2D eigenvalue weighted by atomic mass is 19.1. The Morgan fingerprint density at radius 3 is 2.61 bits per heavy atom. The zero-order valence-corrected chi connectivity index (χ0v) is 11.2. The Hall–Kier alpha value is -1.42. The molecule has 0 aliphatic carbocycles. The van der Waals surface area contributed by atoms with E-state index < -0.39 is 0 Å². The molecule has 0 radical (unpaired) electrons. The average molecular weight is 252 g/mol. The van der Waals surface area contributed by atoms with Gasteiger partial charge in [-0.2, -0.15) is 0 Å². The Labute approximate surface area is 108 Å². The van der Waals surface area contributed by atoms with E-state index in [9.17, 15) is 9.18 Å². The molecule has 1 aromatic rings. The van der Waals surface area contributed by atoms with Gasteiger partial charge < -0.3 is 10.6 Å². The van der Waals surface area contributed by atoms with E-state index in [2.05, 4.69) is 10.6 Å². The molecular weight excluding hydrogens is 231 g/mol. The Morgan fingerprint density at radius 2 is 2.00 bits per heavy atom. The summed E-state index contributed by atoms with van der Waals surface area (Å²) in [5.74, 6) is -0.313. The van der Waals surface area contributed by atoms with Crippen molar-refractivity contribution in [3.8, 4) is 0 Å². The molecule has 100 valence electrons. The predicted octanol–water partition coefficient (Wildman–Crippen LogP) is 2.39. The number of carbonyl (C=O) groups is 1. The standard InChI is InChI=1S/C14H21FN2O/c1-4-10(2)17-14(18)9-16-11(3)12-7-5-6-8-13(12)15/h5-8,10-11,16H,4,9H2,1-3H3,(H,17,18)/t10?,11-/m1/s1. The van der Waals surface area contributed by atoms with Gasteiger partial charge in [-0.1, -0.05) is 25.1 Å². The highest BCUT2D eigenvalue weighted by molar-refractivity contribution is 5.78. The van der Waals surface area contributed by atoms with Crippen LogP contribution in [0.5, 0.6) is 0 Å². The summed E-state index contributed by atoms with van der Waals surface area (Å²) < 4.78 is 13.5. The molecule has 0 saturated heterocycles. The number of nitrogens with one attached hydrogen (secondary N) is 2. The van der Waals surface area contributed by atoms with E-state index in [1.165, 1.54) is 6.07 Å². The van der Waals surface area contributed by atoms with Crippen LogP contribution in [0.1, 0.15) is 38.8 Å². The zero-order chi connectivity index (χ0) is 13.5. The Balaban J connectivity index is 2.44. The highest BCUT2D eigenvalue weighted by Crippen LogP contribution is 2.15. The van der Waals surface area contributed by atoms with Crippen molar-refractivity contribution >= 4 is 5.91 Å². The lowest BCUT2D eigenvalue weighted by Gasteiger charge is -2.16. The van der Waals surface area contributed by atoms with Crippen molar-refractivity contribution in [1.82, 2.24) is 10.6 Å². The summed E-state index contributed by atoms with van der Waals surface area (Å²) in [6.07, 6.45) is 0.897. The quantitative estimate of drug-likeness (QED) is 0.816. The molecule has 1 unspecified atom stereocenters. The lowest BCUT2D eigenvalue weighted by Crippen LogP contribution is -2.39. The smallest absolute Gasteiger partial charge is 0.234 e. The fourth-order valence-corrected chi connectivity index (χ4v) is 1.61. The Kier molecular flexibility index (Phi) is 5.78. The monoisotopic (exact) mass is 252 g/mol. The van der Waals surface area contributed by atoms with Gasteiger partial charge in [-0.3, -0.25) is 4.79 Å². The molecule has 1 rings (SSSR count). The zero-order valence-electron chi connectivity index (χ0n) is 11.2. The van der Waals surface area contributed by atoms with E-state index in [1.54, 1.807) is 18.2 Å². The molecule has 0 aliphatic heterocycles. The van der Waals surface area contributed by atoms with Crippen molar-refractivity contribution in [3.05, 3.63) is 35.6 Å². The van der Waals surface area contributed by atoms with Crippen LogP contribution in [0.25, 0.3) is 0 Å². The molecule has 0 fully saturated rings. The van der Waals surface area contributed by atoms with Crippen LogP contribution in [0.4, 0.5) is 4.39 Å². The highest BCUT2D eigenvalue weighted by Gasteiger charge is 2.11. The SMILES string of the molecule is CCC(C)NC(=O)CN[C@H](C)c1ccccc1F. The van der Waals surface area contributed by atoms with Crippen LogP contribution in [-0.2, 0) is 4.79 Å². The van der Waals surface area contributed by atoms with Crippen molar-refractivity contribution < 1.29 is 9.18 Å². The number of carbonyl (C=O) groups excluding carboxylic acids is 1. The van der Waals surface area contributed by atoms with Crippen LogP contribution < -0.4 is 10.6 Å². The lowest BCUT2D eigenvalue weighted by molar-refractivity contribution is -0.121. The minimum atomic E-state index is -0.250. The lowest BCUT2D eigenvalue weighted by atomic mass is 10.1. The molecule has 0 saturated carbocycles. The van der Waals surface area contributed by atoms with Gasteiger partial charge in [-0.25, -0.2) is 4.39 Å². The second-order valence-corrected chi connectivity index (χ2v) is 4.50. The van der Waals surface area contributed by atoms with Crippen LogP contribution in [0, 0.1) is 5.82 Å². The first-order valence-electron chi connectivity index (χ1n) is 6.31. The van der Waals surface area contributed by atoms with Crippen molar-refractivity contribution in [1.29, 1.82) is 0 Å². The van der Waals surface area contributed by atoms with Gasteiger partial charge >= 0.3 is 0 Å². The number of hydrogen-bond acceptors (Lipinski definition) is 2. The number of halogens is 1. The summed E-state index contributed by atoms with van der Waals surface area (Å²) in [7, 11) is 0. The normalized spacial score (nSPS) is 14.0. The summed E-state index contributed by atoms with van der Waals surface area (Å²) in [5.41, 5.74) is 0.578. The molecule has 0 heterocycles. The summed E-state index contributed by atoms with van der Waals surface area (Å²) >= 11 is 0. The van der Waals surface area contributed by atoms with E-state index >= 15 is 0 Å². The number of hydrogen-bond donors (Lipinski definition) is 2. The summed E-state index contributed by atoms with van der Waals surface area (Å²) in [6.45, 7) is 6.01. The molecule has 18 heavy (non-hydrogen) atoms. The van der Waals surface area contributed by atoms with E-state index in [0.29, 0.717) is 5.56 Å². The fourth-order valence-electron chi connectivity index (χ4n) is 1.61. The van der Waals surface area contributed by atoms with Gasteiger partial charge in [0.05, 0.1) is 6.54 Å². The van der Waals surface area contributed by atoms with Gasteiger partial charge in [-0.05, 0) is 26.3 Å². The van der Waals surface area contributed by atoms with Crippen molar-refractivity contribution in [2.24, 2.45) is 0 Å². The summed E-state index contributed by atoms with van der Waals surface area (Å²) in [5, 5.41) is 5.87. The minimum Gasteiger partial charge on any atom is -0.353 e. The van der Waals surface area contributed by atoms with Crippen LogP contribution in [0.15, 0.2) is 24.3 Å². The Bertz CT molecular complexity index is 395. The number of benzene rings is 1. The van der Waals surface area contributed by atoms with Crippen molar-refractivity contribution in [2.45, 2.75) is 39.3 Å². The van der Waals surface area contributed by atoms with Crippen LogP contribution in [-0.4, -0.2) is 18.5 Å². The second kappa shape index (κ2) is 7.11. The van der Waals surface area contributed by atoms with Gasteiger partial charge in [0.1, 0.15) is 5.82 Å². The predicted molar refractivity (Wildman–Crippen MR) is 70.7 cm³/mol. The maximum absolute atomic E-state index is 13.5. The molecule has 0 bridgehead atoms. The van der Waals surface area contributed by atoms with E-state index in [4.69, 9.17) is 0 Å². The van der Waals surface area contributed by atoms with Crippen LogP contribution in [0.3, 0.4) is 0 Å². The van der Waals surface area contributed by atoms with Crippen LogP contribution in [0.2, 0.25) is 0 Å². The number of amides is 1. The largest absolute Gasteiger partial charge is 0.353 e. The van der Waals surface area contributed by atoms with Gasteiger partial charge in [-0.15, -0.1) is 0 Å². The molecular formula is C14H21FN2O.